The minimum Gasteiger partial charge on any atom is -0.459 e. The molecule has 0 heterocycles. The average Bonchev–Trinajstić information content (AvgIpc) is 2.87. The predicted molar refractivity (Wildman–Crippen MR) is 84.6 cm³/mol. The second-order valence-electron chi connectivity index (χ2n) is 7.42. The molecule has 1 rings (SSSR count). The number of esters is 1. The van der Waals surface area contributed by atoms with Crippen molar-refractivity contribution in [2.45, 2.75) is 92.1 Å². The van der Waals surface area contributed by atoms with E-state index in [9.17, 15) is 4.79 Å². The van der Waals surface area contributed by atoms with Crippen molar-refractivity contribution in [2.75, 3.05) is 0 Å². The van der Waals surface area contributed by atoms with Crippen molar-refractivity contribution in [3.63, 3.8) is 0 Å². The summed E-state index contributed by atoms with van der Waals surface area (Å²) in [5.41, 5.74) is -0.511. The molecule has 2 nitrogen and oxygen atoms in total. The minimum atomic E-state index is -0.347. The first-order valence-electron chi connectivity index (χ1n) is 8.53. The van der Waals surface area contributed by atoms with E-state index >= 15 is 0 Å². The van der Waals surface area contributed by atoms with Gasteiger partial charge in [0.2, 0.25) is 0 Å². The quantitative estimate of drug-likeness (QED) is 0.588. The fraction of sp³-hybridized carbons (Fsp3) is 0.944. The molecule has 0 aromatic carbocycles. The standard InChI is InChI=1S/C18H34O2/c1-7-15(5)13-17(6,14(3)4)16(19)20-18(8-2)11-9-10-12-18/h14-15H,7-13H2,1-6H3. The maximum absolute atomic E-state index is 12.9. The van der Waals surface area contributed by atoms with Crippen LogP contribution >= 0.6 is 0 Å². The zero-order valence-electron chi connectivity index (χ0n) is 14.4. The second kappa shape index (κ2) is 6.95. The Morgan fingerprint density at radius 2 is 1.75 bits per heavy atom. The van der Waals surface area contributed by atoms with Gasteiger partial charge in [-0.1, -0.05) is 41.0 Å². The third kappa shape index (κ3) is 3.77. The Morgan fingerprint density at radius 3 is 2.15 bits per heavy atom. The van der Waals surface area contributed by atoms with Crippen molar-refractivity contribution in [3.05, 3.63) is 0 Å². The van der Waals surface area contributed by atoms with Crippen molar-refractivity contribution in [3.8, 4) is 0 Å². The third-order valence-corrected chi connectivity index (χ3v) is 5.68. The predicted octanol–water partition coefficient (Wildman–Crippen LogP) is 5.35. The molecule has 0 bridgehead atoms. The highest BCUT2D eigenvalue weighted by Gasteiger charge is 2.44. The molecule has 0 N–H and O–H groups in total. The summed E-state index contributed by atoms with van der Waals surface area (Å²) in [5, 5.41) is 0. The Hall–Kier alpha value is -0.530. The number of hydrogen-bond donors (Lipinski definition) is 0. The van der Waals surface area contributed by atoms with Gasteiger partial charge >= 0.3 is 5.97 Å². The van der Waals surface area contributed by atoms with Crippen LogP contribution in [0.5, 0.6) is 0 Å². The molecule has 0 amide bonds. The van der Waals surface area contributed by atoms with Crippen LogP contribution < -0.4 is 0 Å². The van der Waals surface area contributed by atoms with E-state index in [0.29, 0.717) is 11.8 Å². The van der Waals surface area contributed by atoms with Crippen LogP contribution in [0.2, 0.25) is 0 Å². The van der Waals surface area contributed by atoms with E-state index in [0.717, 1.165) is 32.1 Å². The van der Waals surface area contributed by atoms with Crippen LogP contribution in [0.25, 0.3) is 0 Å². The third-order valence-electron chi connectivity index (χ3n) is 5.68. The monoisotopic (exact) mass is 282 g/mol. The molecule has 2 heteroatoms. The van der Waals surface area contributed by atoms with E-state index in [1.165, 1.54) is 12.8 Å². The van der Waals surface area contributed by atoms with E-state index in [1.807, 2.05) is 0 Å². The Labute approximate surface area is 125 Å². The van der Waals surface area contributed by atoms with E-state index in [2.05, 4.69) is 41.5 Å². The normalized spacial score (nSPS) is 22.6. The molecular formula is C18H34O2. The van der Waals surface area contributed by atoms with Gasteiger partial charge in [0.1, 0.15) is 5.60 Å². The molecule has 2 unspecified atom stereocenters. The van der Waals surface area contributed by atoms with Crippen molar-refractivity contribution in [2.24, 2.45) is 17.3 Å². The summed E-state index contributed by atoms with van der Waals surface area (Å²) in [7, 11) is 0. The maximum Gasteiger partial charge on any atom is 0.312 e. The summed E-state index contributed by atoms with van der Waals surface area (Å²) in [6.07, 6.45) is 7.50. The summed E-state index contributed by atoms with van der Waals surface area (Å²) in [6.45, 7) is 13.0. The first-order valence-corrected chi connectivity index (χ1v) is 8.53. The number of ether oxygens (including phenoxy) is 1. The van der Waals surface area contributed by atoms with Gasteiger partial charge in [-0.25, -0.2) is 0 Å². The van der Waals surface area contributed by atoms with Crippen LogP contribution in [-0.4, -0.2) is 11.6 Å². The van der Waals surface area contributed by atoms with Crippen LogP contribution in [0.3, 0.4) is 0 Å². The first kappa shape index (κ1) is 17.5. The van der Waals surface area contributed by atoms with Crippen LogP contribution in [0, 0.1) is 17.3 Å². The van der Waals surface area contributed by atoms with Gasteiger partial charge < -0.3 is 4.74 Å². The zero-order valence-corrected chi connectivity index (χ0v) is 14.4. The van der Waals surface area contributed by atoms with E-state index in [4.69, 9.17) is 4.74 Å². The highest BCUT2D eigenvalue weighted by atomic mass is 16.6. The van der Waals surface area contributed by atoms with Crippen molar-refractivity contribution >= 4 is 5.97 Å². The summed E-state index contributed by atoms with van der Waals surface area (Å²) >= 11 is 0. The van der Waals surface area contributed by atoms with Gasteiger partial charge in [0.05, 0.1) is 5.41 Å². The highest BCUT2D eigenvalue weighted by molar-refractivity contribution is 5.77. The molecule has 0 saturated heterocycles. The lowest BCUT2D eigenvalue weighted by Crippen LogP contribution is -2.42. The number of carbonyl (C=O) groups is 1. The Balaban J connectivity index is 2.83. The molecule has 1 aliphatic carbocycles. The lowest BCUT2D eigenvalue weighted by atomic mass is 9.72. The number of carbonyl (C=O) groups excluding carboxylic acids is 1. The molecule has 118 valence electrons. The molecule has 0 aromatic rings. The van der Waals surface area contributed by atoms with Crippen LogP contribution in [-0.2, 0) is 9.53 Å². The van der Waals surface area contributed by atoms with Crippen LogP contribution in [0.15, 0.2) is 0 Å². The molecule has 0 spiro atoms. The van der Waals surface area contributed by atoms with Crippen molar-refractivity contribution < 1.29 is 9.53 Å². The van der Waals surface area contributed by atoms with Gasteiger partial charge in [-0.05, 0) is 57.3 Å². The van der Waals surface area contributed by atoms with Crippen LogP contribution in [0.1, 0.15) is 86.5 Å². The van der Waals surface area contributed by atoms with Gasteiger partial charge in [0, 0.05) is 0 Å². The van der Waals surface area contributed by atoms with Gasteiger partial charge in [-0.3, -0.25) is 4.79 Å². The summed E-state index contributed by atoms with van der Waals surface area (Å²) < 4.78 is 6.08. The molecular weight excluding hydrogens is 248 g/mol. The molecule has 0 aliphatic heterocycles. The molecule has 1 saturated carbocycles. The number of hydrogen-bond acceptors (Lipinski definition) is 2. The molecule has 0 radical (unpaired) electrons. The lowest BCUT2D eigenvalue weighted by Gasteiger charge is -2.38. The minimum absolute atomic E-state index is 0.0385. The highest BCUT2D eigenvalue weighted by Crippen LogP contribution is 2.42. The first-order chi connectivity index (χ1) is 9.29. The summed E-state index contributed by atoms with van der Waals surface area (Å²) in [6, 6.07) is 0. The topological polar surface area (TPSA) is 26.3 Å². The van der Waals surface area contributed by atoms with Crippen LogP contribution in [0.4, 0.5) is 0 Å². The second-order valence-corrected chi connectivity index (χ2v) is 7.42. The molecule has 1 aliphatic rings. The van der Waals surface area contributed by atoms with Crippen molar-refractivity contribution in [1.29, 1.82) is 0 Å². The van der Waals surface area contributed by atoms with E-state index in [-0.39, 0.29) is 17.0 Å². The summed E-state index contributed by atoms with van der Waals surface area (Å²) in [4.78, 5) is 12.9. The van der Waals surface area contributed by atoms with Gasteiger partial charge in [-0.2, -0.15) is 0 Å². The van der Waals surface area contributed by atoms with E-state index in [1.54, 1.807) is 0 Å². The van der Waals surface area contributed by atoms with Crippen molar-refractivity contribution in [1.82, 2.24) is 0 Å². The average molecular weight is 282 g/mol. The zero-order chi connectivity index (χ0) is 15.4. The SMILES string of the molecule is CCC(C)CC(C)(C(=O)OC1(CC)CCCC1)C(C)C. The molecule has 0 aromatic heterocycles. The van der Waals surface area contributed by atoms with E-state index < -0.39 is 0 Å². The maximum atomic E-state index is 12.9. The largest absolute Gasteiger partial charge is 0.459 e. The smallest absolute Gasteiger partial charge is 0.312 e. The van der Waals surface area contributed by atoms with Gasteiger partial charge in [0.25, 0.3) is 0 Å². The van der Waals surface area contributed by atoms with Gasteiger partial charge in [-0.15, -0.1) is 0 Å². The Morgan fingerprint density at radius 1 is 1.20 bits per heavy atom. The fourth-order valence-electron chi connectivity index (χ4n) is 3.28. The molecule has 1 fully saturated rings. The number of rotatable bonds is 7. The van der Waals surface area contributed by atoms with Gasteiger partial charge in [0.15, 0.2) is 0 Å². The Kier molecular flexibility index (Phi) is 6.09. The molecule has 20 heavy (non-hydrogen) atoms. The lowest BCUT2D eigenvalue weighted by molar-refractivity contribution is -0.175. The molecule has 2 atom stereocenters. The summed E-state index contributed by atoms with van der Waals surface area (Å²) in [5.74, 6) is 0.923. The fourth-order valence-corrected chi connectivity index (χ4v) is 3.28. The Bertz CT molecular complexity index is 315.